The highest BCUT2D eigenvalue weighted by Gasteiger charge is 2.14. The predicted molar refractivity (Wildman–Crippen MR) is 85.1 cm³/mol. The van der Waals surface area contributed by atoms with Crippen molar-refractivity contribution in [2.45, 2.75) is 5.88 Å². The van der Waals surface area contributed by atoms with E-state index in [9.17, 15) is 0 Å². The van der Waals surface area contributed by atoms with E-state index in [2.05, 4.69) is 41.8 Å². The Balaban J connectivity index is 2.40. The molecule has 0 spiro atoms. The van der Waals surface area contributed by atoms with Crippen LogP contribution in [0.25, 0.3) is 0 Å². The summed E-state index contributed by atoms with van der Waals surface area (Å²) < 4.78 is 12.4. The molecule has 8 heteroatoms. The van der Waals surface area contributed by atoms with Crippen molar-refractivity contribution in [3.05, 3.63) is 38.1 Å². The highest BCUT2D eigenvalue weighted by atomic mass is 79.9. The second kappa shape index (κ2) is 6.93. The van der Waals surface area contributed by atoms with Crippen molar-refractivity contribution in [1.82, 2.24) is 9.97 Å². The first-order valence-electron chi connectivity index (χ1n) is 5.33. The average molecular weight is 443 g/mol. The van der Waals surface area contributed by atoms with Crippen molar-refractivity contribution >= 4 is 55.1 Å². The highest BCUT2D eigenvalue weighted by Crippen LogP contribution is 2.39. The molecule has 0 aliphatic carbocycles. The normalized spacial score (nSPS) is 10.4. The first-order valence-corrected chi connectivity index (χ1v) is 7.83. The van der Waals surface area contributed by atoms with Crippen LogP contribution in [0.4, 0.5) is 0 Å². The molecule has 0 fully saturated rings. The average Bonchev–Trinajstić information content (AvgIpc) is 2.42. The van der Waals surface area contributed by atoms with Crippen molar-refractivity contribution in [2.24, 2.45) is 0 Å². The van der Waals surface area contributed by atoms with Crippen LogP contribution in [0.15, 0.2) is 27.4 Å². The van der Waals surface area contributed by atoms with Crippen LogP contribution >= 0.6 is 55.1 Å². The Hall–Kier alpha value is -0.560. The van der Waals surface area contributed by atoms with Gasteiger partial charge in [-0.05, 0) is 44.0 Å². The van der Waals surface area contributed by atoms with Crippen molar-refractivity contribution in [3.8, 4) is 17.4 Å². The van der Waals surface area contributed by atoms with E-state index in [-0.39, 0.29) is 11.0 Å². The summed E-state index contributed by atoms with van der Waals surface area (Å²) in [6.45, 7) is 0. The maximum atomic E-state index is 5.96. The summed E-state index contributed by atoms with van der Waals surface area (Å²) in [6, 6.07) is 3.54. The molecular formula is C12H8Br2Cl2N2O2. The molecule has 0 bridgehead atoms. The number of aromatic nitrogens is 2. The number of alkyl halides is 1. The largest absolute Gasteiger partial charge is 0.496 e. The van der Waals surface area contributed by atoms with Gasteiger partial charge in [0.15, 0.2) is 0 Å². The molecule has 4 nitrogen and oxygen atoms in total. The number of hydrogen-bond acceptors (Lipinski definition) is 4. The smallest absolute Gasteiger partial charge is 0.228 e. The van der Waals surface area contributed by atoms with Crippen molar-refractivity contribution < 1.29 is 9.47 Å². The molecule has 0 N–H and O–H groups in total. The molecule has 20 heavy (non-hydrogen) atoms. The summed E-state index contributed by atoms with van der Waals surface area (Å²) in [5.74, 6) is 1.71. The first-order chi connectivity index (χ1) is 9.56. The molecule has 0 aliphatic rings. The Morgan fingerprint density at radius 3 is 2.45 bits per heavy atom. The lowest BCUT2D eigenvalue weighted by molar-refractivity contribution is 0.408. The van der Waals surface area contributed by atoms with Crippen LogP contribution in [0.5, 0.6) is 17.4 Å². The van der Waals surface area contributed by atoms with Crippen molar-refractivity contribution in [2.75, 3.05) is 7.11 Å². The topological polar surface area (TPSA) is 44.2 Å². The molecule has 0 saturated heterocycles. The van der Waals surface area contributed by atoms with Gasteiger partial charge in [-0.1, -0.05) is 11.6 Å². The summed E-state index contributed by atoms with van der Waals surface area (Å²) >= 11 is 18.6. The van der Waals surface area contributed by atoms with Gasteiger partial charge in [0.25, 0.3) is 0 Å². The lowest BCUT2D eigenvalue weighted by Gasteiger charge is -2.12. The summed E-state index contributed by atoms with van der Waals surface area (Å²) in [5, 5.41) is 0.272. The van der Waals surface area contributed by atoms with Crippen LogP contribution < -0.4 is 9.47 Å². The lowest BCUT2D eigenvalue weighted by atomic mass is 10.3. The van der Waals surface area contributed by atoms with E-state index in [1.807, 2.05) is 0 Å². The van der Waals surface area contributed by atoms with E-state index in [0.717, 1.165) is 4.47 Å². The molecule has 0 aliphatic heterocycles. The van der Waals surface area contributed by atoms with E-state index in [1.54, 1.807) is 19.2 Å². The van der Waals surface area contributed by atoms with Gasteiger partial charge >= 0.3 is 0 Å². The predicted octanol–water partition coefficient (Wildman–Crippen LogP) is 5.19. The zero-order valence-corrected chi connectivity index (χ0v) is 14.8. The minimum Gasteiger partial charge on any atom is -0.496 e. The zero-order valence-electron chi connectivity index (χ0n) is 10.2. The summed E-state index contributed by atoms with van der Waals surface area (Å²) in [6.07, 6.45) is 1.32. The third-order valence-electron chi connectivity index (χ3n) is 2.40. The second-order valence-corrected chi connectivity index (χ2v) is 5.94. The molecule has 1 aromatic heterocycles. The second-order valence-electron chi connectivity index (χ2n) is 3.60. The molecule has 106 valence electrons. The van der Waals surface area contributed by atoms with Gasteiger partial charge in [-0.25, -0.2) is 9.97 Å². The first kappa shape index (κ1) is 15.8. The Labute approximate surface area is 142 Å². The van der Waals surface area contributed by atoms with Crippen LogP contribution in [0, 0.1) is 0 Å². The molecule has 0 saturated carbocycles. The van der Waals surface area contributed by atoms with E-state index >= 15 is 0 Å². The molecule has 1 heterocycles. The van der Waals surface area contributed by atoms with Crippen molar-refractivity contribution in [3.63, 3.8) is 0 Å². The number of rotatable bonds is 4. The molecule has 0 amide bonds. The van der Waals surface area contributed by atoms with Gasteiger partial charge in [0.2, 0.25) is 5.88 Å². The van der Waals surface area contributed by atoms with E-state index in [0.29, 0.717) is 27.4 Å². The van der Waals surface area contributed by atoms with Gasteiger partial charge in [-0.15, -0.1) is 11.6 Å². The monoisotopic (exact) mass is 440 g/mol. The highest BCUT2D eigenvalue weighted by molar-refractivity contribution is 9.11. The summed E-state index contributed by atoms with van der Waals surface area (Å²) in [7, 11) is 1.59. The molecule has 0 radical (unpaired) electrons. The minimum absolute atomic E-state index is 0.157. The van der Waals surface area contributed by atoms with E-state index in [1.165, 1.54) is 6.33 Å². The number of nitrogens with zero attached hydrogens (tertiary/aromatic N) is 2. The van der Waals surface area contributed by atoms with Crippen LogP contribution in [-0.4, -0.2) is 17.1 Å². The molecule has 1 aromatic carbocycles. The van der Waals surface area contributed by atoms with Crippen molar-refractivity contribution in [1.29, 1.82) is 0 Å². The van der Waals surface area contributed by atoms with Gasteiger partial charge in [0.05, 0.1) is 27.5 Å². The van der Waals surface area contributed by atoms with Crippen LogP contribution in [0.1, 0.15) is 5.56 Å². The molecule has 2 aromatic rings. The van der Waals surface area contributed by atoms with Gasteiger partial charge in [-0.2, -0.15) is 0 Å². The van der Waals surface area contributed by atoms with Gasteiger partial charge in [-0.3, -0.25) is 0 Å². The Bertz CT molecular complexity index is 641. The van der Waals surface area contributed by atoms with Gasteiger partial charge < -0.3 is 9.47 Å². The summed E-state index contributed by atoms with van der Waals surface area (Å²) in [4.78, 5) is 7.92. The number of ether oxygens (including phenoxy) is 2. The van der Waals surface area contributed by atoms with Crippen LogP contribution in [0.3, 0.4) is 0 Å². The fraction of sp³-hybridized carbons (Fsp3) is 0.167. The number of methoxy groups -OCH3 is 1. The minimum atomic E-state index is 0.157. The number of halogens is 4. The quantitative estimate of drug-likeness (QED) is 0.482. The zero-order chi connectivity index (χ0) is 14.7. The molecule has 2 rings (SSSR count). The Morgan fingerprint density at radius 2 is 1.80 bits per heavy atom. The maximum absolute atomic E-state index is 5.96. The van der Waals surface area contributed by atoms with Crippen LogP contribution in [0.2, 0.25) is 5.15 Å². The van der Waals surface area contributed by atoms with E-state index in [4.69, 9.17) is 32.7 Å². The fourth-order valence-electron chi connectivity index (χ4n) is 1.43. The Morgan fingerprint density at radius 1 is 1.15 bits per heavy atom. The van der Waals surface area contributed by atoms with Gasteiger partial charge in [0.1, 0.15) is 23.0 Å². The lowest BCUT2D eigenvalue weighted by Crippen LogP contribution is -1.97. The SMILES string of the molecule is COc1cc(Br)c(Oc2ncnc(Cl)c2CCl)cc1Br. The summed E-state index contributed by atoms with van der Waals surface area (Å²) in [5.41, 5.74) is 0.537. The maximum Gasteiger partial charge on any atom is 0.228 e. The fourth-order valence-corrected chi connectivity index (χ4v) is 2.81. The standard InChI is InChI=1S/C12H8Br2Cl2N2O2/c1-19-9-2-8(14)10(3-7(9)13)20-12-6(4-15)11(16)17-5-18-12/h2-3,5H,4H2,1H3. The van der Waals surface area contributed by atoms with Gasteiger partial charge in [0, 0.05) is 0 Å². The number of hydrogen-bond donors (Lipinski definition) is 0. The Kier molecular flexibility index (Phi) is 5.49. The number of benzene rings is 1. The van der Waals surface area contributed by atoms with E-state index < -0.39 is 0 Å². The molecule has 0 atom stereocenters. The molecule has 0 unspecified atom stereocenters. The third kappa shape index (κ3) is 3.36. The third-order valence-corrected chi connectivity index (χ3v) is 4.23. The van der Waals surface area contributed by atoms with Crippen LogP contribution in [-0.2, 0) is 5.88 Å². The molecular weight excluding hydrogens is 435 g/mol.